The van der Waals surface area contributed by atoms with E-state index in [4.69, 9.17) is 0 Å². The molecule has 1 aliphatic heterocycles. The monoisotopic (exact) mass is 431 g/mol. The van der Waals surface area contributed by atoms with E-state index in [1.165, 1.54) is 24.1 Å². The highest BCUT2D eigenvalue weighted by Gasteiger charge is 2.31. The van der Waals surface area contributed by atoms with Gasteiger partial charge < -0.3 is 25.6 Å². The zero-order valence-corrected chi connectivity index (χ0v) is 16.3. The van der Waals surface area contributed by atoms with Gasteiger partial charge in [-0.25, -0.2) is 4.98 Å². The molecule has 1 saturated heterocycles. The summed E-state index contributed by atoms with van der Waals surface area (Å²) in [6.07, 6.45) is -4.50. The summed E-state index contributed by atoms with van der Waals surface area (Å²) >= 11 is 1.02. The first-order chi connectivity index (χ1) is 13.7. The SMILES string of the molecule is CN(CC(=O)Nc1nc2ccc(OC(F)(F)F)cc2s1)C(=O)C[C@@H]1CNCCN1. The molecule has 0 bridgehead atoms. The quantitative estimate of drug-likeness (QED) is 0.642. The predicted octanol–water partition coefficient (Wildman–Crippen LogP) is 1.54. The Kier molecular flexibility index (Phi) is 6.55. The molecular weight excluding hydrogens is 411 g/mol. The number of alkyl halides is 3. The Hall–Kier alpha value is -2.44. The molecule has 1 fully saturated rings. The van der Waals surface area contributed by atoms with Crippen LogP contribution in [0.25, 0.3) is 10.2 Å². The lowest BCUT2D eigenvalue weighted by atomic mass is 10.1. The van der Waals surface area contributed by atoms with Crippen molar-refractivity contribution < 1.29 is 27.5 Å². The molecule has 8 nitrogen and oxygen atoms in total. The molecule has 29 heavy (non-hydrogen) atoms. The topological polar surface area (TPSA) is 95.6 Å². The van der Waals surface area contributed by atoms with Crippen LogP contribution in [0.4, 0.5) is 18.3 Å². The molecule has 3 rings (SSSR count). The lowest BCUT2D eigenvalue weighted by molar-refractivity contribution is -0.274. The fourth-order valence-corrected chi connectivity index (χ4v) is 3.75. The maximum Gasteiger partial charge on any atom is 0.573 e. The number of anilines is 1. The lowest BCUT2D eigenvalue weighted by Crippen LogP contribution is -2.50. The van der Waals surface area contributed by atoms with E-state index in [-0.39, 0.29) is 35.8 Å². The van der Waals surface area contributed by atoms with Gasteiger partial charge in [-0.2, -0.15) is 0 Å². The van der Waals surface area contributed by atoms with E-state index in [1.54, 1.807) is 0 Å². The molecule has 158 valence electrons. The van der Waals surface area contributed by atoms with E-state index >= 15 is 0 Å². The number of ether oxygens (including phenoxy) is 1. The van der Waals surface area contributed by atoms with Gasteiger partial charge >= 0.3 is 6.36 Å². The molecule has 0 radical (unpaired) electrons. The highest BCUT2D eigenvalue weighted by Crippen LogP contribution is 2.31. The average Bonchev–Trinajstić information content (AvgIpc) is 3.02. The molecule has 1 aliphatic rings. The van der Waals surface area contributed by atoms with E-state index in [0.717, 1.165) is 30.5 Å². The number of nitrogens with zero attached hydrogens (tertiary/aromatic N) is 2. The van der Waals surface area contributed by atoms with Gasteiger partial charge in [0.1, 0.15) is 5.75 Å². The summed E-state index contributed by atoms with van der Waals surface area (Å²) < 4.78 is 41.3. The number of likely N-dealkylation sites (N-methyl/N-ethyl adjacent to an activating group) is 1. The zero-order valence-electron chi connectivity index (χ0n) is 15.5. The summed E-state index contributed by atoms with van der Waals surface area (Å²) in [7, 11) is 1.54. The molecule has 2 aromatic rings. The van der Waals surface area contributed by atoms with Crippen LogP contribution in [-0.4, -0.2) is 67.3 Å². The van der Waals surface area contributed by atoms with Crippen molar-refractivity contribution >= 4 is 38.5 Å². The van der Waals surface area contributed by atoms with E-state index in [0.29, 0.717) is 16.8 Å². The number of aromatic nitrogens is 1. The number of hydrogen-bond acceptors (Lipinski definition) is 7. The van der Waals surface area contributed by atoms with Crippen LogP contribution in [0.5, 0.6) is 5.75 Å². The summed E-state index contributed by atoms with van der Waals surface area (Å²) in [5.74, 6) is -0.969. The number of fused-ring (bicyclic) bond motifs is 1. The number of halogens is 3. The number of hydrogen-bond donors (Lipinski definition) is 3. The highest BCUT2D eigenvalue weighted by atomic mass is 32.1. The second-order valence-corrected chi connectivity index (χ2v) is 7.58. The Morgan fingerprint density at radius 1 is 1.38 bits per heavy atom. The van der Waals surface area contributed by atoms with Crippen LogP contribution in [0.15, 0.2) is 18.2 Å². The van der Waals surface area contributed by atoms with Gasteiger partial charge in [0.25, 0.3) is 0 Å². The predicted molar refractivity (Wildman–Crippen MR) is 102 cm³/mol. The van der Waals surface area contributed by atoms with E-state index < -0.39 is 12.3 Å². The van der Waals surface area contributed by atoms with Crippen molar-refractivity contribution in [2.24, 2.45) is 0 Å². The van der Waals surface area contributed by atoms with Crippen molar-refractivity contribution in [2.75, 3.05) is 38.5 Å². The molecule has 1 atom stereocenters. The van der Waals surface area contributed by atoms with Crippen molar-refractivity contribution in [2.45, 2.75) is 18.8 Å². The number of thiazole rings is 1. The van der Waals surface area contributed by atoms with Crippen LogP contribution in [0.1, 0.15) is 6.42 Å². The van der Waals surface area contributed by atoms with Gasteiger partial charge in [0, 0.05) is 45.2 Å². The van der Waals surface area contributed by atoms with Gasteiger partial charge in [0.15, 0.2) is 5.13 Å². The van der Waals surface area contributed by atoms with Crippen LogP contribution in [0.3, 0.4) is 0 Å². The average molecular weight is 431 g/mol. The summed E-state index contributed by atoms with van der Waals surface area (Å²) in [5.41, 5.74) is 0.431. The van der Waals surface area contributed by atoms with Crippen molar-refractivity contribution in [3.8, 4) is 5.75 Å². The normalized spacial score (nSPS) is 17.2. The second-order valence-electron chi connectivity index (χ2n) is 6.55. The van der Waals surface area contributed by atoms with Crippen molar-refractivity contribution in [3.05, 3.63) is 18.2 Å². The molecule has 0 aliphatic carbocycles. The molecule has 0 spiro atoms. The minimum Gasteiger partial charge on any atom is -0.406 e. The van der Waals surface area contributed by atoms with Crippen LogP contribution < -0.4 is 20.7 Å². The first kappa shape index (κ1) is 21.3. The van der Waals surface area contributed by atoms with Crippen LogP contribution in [0, 0.1) is 0 Å². The molecule has 1 aromatic heterocycles. The van der Waals surface area contributed by atoms with E-state index in [2.05, 4.69) is 25.7 Å². The second kappa shape index (κ2) is 8.93. The van der Waals surface area contributed by atoms with Crippen LogP contribution in [-0.2, 0) is 9.59 Å². The number of nitrogens with one attached hydrogen (secondary N) is 3. The van der Waals surface area contributed by atoms with E-state index in [9.17, 15) is 22.8 Å². The summed E-state index contributed by atoms with van der Waals surface area (Å²) in [6, 6.07) is 3.77. The first-order valence-electron chi connectivity index (χ1n) is 8.84. The van der Waals surface area contributed by atoms with Crippen LogP contribution >= 0.6 is 11.3 Å². The summed E-state index contributed by atoms with van der Waals surface area (Å²) in [6.45, 7) is 2.18. The van der Waals surface area contributed by atoms with Crippen molar-refractivity contribution in [1.82, 2.24) is 20.5 Å². The largest absolute Gasteiger partial charge is 0.573 e. The molecule has 3 N–H and O–H groups in total. The minimum atomic E-state index is -4.78. The third kappa shape index (κ3) is 6.27. The standard InChI is InChI=1S/C17H20F3N5O3S/c1-25(15(27)6-10-8-21-4-5-22-10)9-14(26)24-16-23-12-3-2-11(7-13(12)29-16)28-17(18,19)20/h2-3,7,10,21-22H,4-6,8-9H2,1H3,(H,23,24,26)/t10-/m1/s1. The number of carbonyl (C=O) groups is 2. The fraction of sp³-hybridized carbons (Fsp3) is 0.471. The Balaban J connectivity index is 1.55. The maximum absolute atomic E-state index is 12.3. The Bertz CT molecular complexity index is 883. The molecule has 2 amide bonds. The first-order valence-corrected chi connectivity index (χ1v) is 9.65. The third-order valence-electron chi connectivity index (χ3n) is 4.19. The molecule has 0 unspecified atom stereocenters. The smallest absolute Gasteiger partial charge is 0.406 e. The third-order valence-corrected chi connectivity index (χ3v) is 5.13. The van der Waals surface area contributed by atoms with Gasteiger partial charge in [-0.15, -0.1) is 13.2 Å². The Labute approximate surface area is 168 Å². The number of carbonyl (C=O) groups excluding carboxylic acids is 2. The lowest BCUT2D eigenvalue weighted by Gasteiger charge is -2.26. The van der Waals surface area contributed by atoms with Gasteiger partial charge in [0.05, 0.1) is 16.8 Å². The van der Waals surface area contributed by atoms with Crippen molar-refractivity contribution in [1.29, 1.82) is 0 Å². The number of piperazine rings is 1. The van der Waals surface area contributed by atoms with Gasteiger partial charge in [-0.3, -0.25) is 9.59 Å². The molecule has 1 aromatic carbocycles. The summed E-state index contributed by atoms with van der Waals surface area (Å²) in [4.78, 5) is 30.0. The molecule has 2 heterocycles. The summed E-state index contributed by atoms with van der Waals surface area (Å²) in [5, 5.41) is 9.22. The Morgan fingerprint density at radius 2 is 2.17 bits per heavy atom. The number of benzene rings is 1. The number of amides is 2. The van der Waals surface area contributed by atoms with Crippen LogP contribution in [0.2, 0.25) is 0 Å². The van der Waals surface area contributed by atoms with Gasteiger partial charge in [0.2, 0.25) is 11.8 Å². The zero-order chi connectivity index (χ0) is 21.0. The van der Waals surface area contributed by atoms with Crippen molar-refractivity contribution in [3.63, 3.8) is 0 Å². The highest BCUT2D eigenvalue weighted by molar-refractivity contribution is 7.22. The van der Waals surface area contributed by atoms with E-state index in [1.807, 2.05) is 0 Å². The molecular formula is C17H20F3N5O3S. The minimum absolute atomic E-state index is 0.0270. The molecule has 0 saturated carbocycles. The molecule has 12 heteroatoms. The Morgan fingerprint density at radius 3 is 2.86 bits per heavy atom. The maximum atomic E-state index is 12.3. The van der Waals surface area contributed by atoms with Gasteiger partial charge in [-0.1, -0.05) is 11.3 Å². The fourth-order valence-electron chi connectivity index (χ4n) is 2.84. The number of rotatable bonds is 6. The van der Waals surface area contributed by atoms with Gasteiger partial charge in [-0.05, 0) is 12.1 Å².